The number of halogens is 2. The minimum atomic E-state index is -0.400. The maximum Gasteiger partial charge on any atom is 0.128 e. The SMILES string of the molecule is CCC1CCCCCN1C(CN)c1cc(F)ccc1F. The third-order valence-corrected chi connectivity index (χ3v) is 4.33. The van der Waals surface area contributed by atoms with Gasteiger partial charge >= 0.3 is 0 Å². The van der Waals surface area contributed by atoms with Gasteiger partial charge in [-0.25, -0.2) is 8.78 Å². The number of benzene rings is 1. The number of hydrogen-bond acceptors (Lipinski definition) is 2. The van der Waals surface area contributed by atoms with E-state index in [1.165, 1.54) is 25.0 Å². The van der Waals surface area contributed by atoms with E-state index in [-0.39, 0.29) is 11.9 Å². The second-order valence-corrected chi connectivity index (χ2v) is 5.57. The largest absolute Gasteiger partial charge is 0.329 e. The van der Waals surface area contributed by atoms with E-state index < -0.39 is 5.82 Å². The summed E-state index contributed by atoms with van der Waals surface area (Å²) in [6.07, 6.45) is 5.65. The summed E-state index contributed by atoms with van der Waals surface area (Å²) in [5, 5.41) is 0. The minimum absolute atomic E-state index is 0.228. The predicted molar refractivity (Wildman–Crippen MR) is 77.4 cm³/mol. The lowest BCUT2D eigenvalue weighted by atomic mass is 10.00. The van der Waals surface area contributed by atoms with Crippen molar-refractivity contribution in [3.8, 4) is 0 Å². The van der Waals surface area contributed by atoms with Crippen LogP contribution in [0.25, 0.3) is 0 Å². The molecule has 1 saturated heterocycles. The number of nitrogens with zero attached hydrogens (tertiary/aromatic N) is 1. The summed E-state index contributed by atoms with van der Waals surface area (Å²) in [6.45, 7) is 3.38. The molecule has 112 valence electrons. The highest BCUT2D eigenvalue weighted by Crippen LogP contribution is 2.30. The maximum absolute atomic E-state index is 14.0. The van der Waals surface area contributed by atoms with E-state index in [9.17, 15) is 8.78 Å². The van der Waals surface area contributed by atoms with E-state index in [2.05, 4.69) is 11.8 Å². The summed E-state index contributed by atoms with van der Waals surface area (Å²) in [5.74, 6) is -0.760. The summed E-state index contributed by atoms with van der Waals surface area (Å²) in [5.41, 5.74) is 6.29. The monoisotopic (exact) mass is 282 g/mol. The Morgan fingerprint density at radius 3 is 2.80 bits per heavy atom. The number of likely N-dealkylation sites (tertiary alicyclic amines) is 1. The molecule has 2 atom stereocenters. The van der Waals surface area contributed by atoms with Gasteiger partial charge in [-0.2, -0.15) is 0 Å². The van der Waals surface area contributed by atoms with Crippen molar-refractivity contribution < 1.29 is 8.78 Å². The van der Waals surface area contributed by atoms with Gasteiger partial charge in [-0.05, 0) is 44.0 Å². The van der Waals surface area contributed by atoms with Crippen molar-refractivity contribution in [2.45, 2.75) is 51.1 Å². The van der Waals surface area contributed by atoms with Crippen molar-refractivity contribution in [3.63, 3.8) is 0 Å². The molecule has 1 heterocycles. The molecule has 0 radical (unpaired) electrons. The number of hydrogen-bond donors (Lipinski definition) is 1. The summed E-state index contributed by atoms with van der Waals surface area (Å²) in [6, 6.07) is 3.84. The van der Waals surface area contributed by atoms with E-state index in [1.54, 1.807) is 0 Å². The minimum Gasteiger partial charge on any atom is -0.329 e. The summed E-state index contributed by atoms with van der Waals surface area (Å²) < 4.78 is 27.5. The Bertz CT molecular complexity index is 436. The van der Waals surface area contributed by atoms with Crippen molar-refractivity contribution in [3.05, 3.63) is 35.4 Å². The van der Waals surface area contributed by atoms with Gasteiger partial charge in [-0.3, -0.25) is 4.90 Å². The molecule has 0 amide bonds. The molecule has 2 nitrogen and oxygen atoms in total. The molecule has 0 saturated carbocycles. The van der Waals surface area contributed by atoms with Gasteiger partial charge in [0.15, 0.2) is 0 Å². The zero-order chi connectivity index (χ0) is 14.5. The molecular weight excluding hydrogens is 258 g/mol. The number of rotatable bonds is 4. The average molecular weight is 282 g/mol. The summed E-state index contributed by atoms with van der Waals surface area (Å²) in [7, 11) is 0. The molecule has 1 aliphatic rings. The molecule has 0 bridgehead atoms. The zero-order valence-electron chi connectivity index (χ0n) is 12.1. The normalized spacial score (nSPS) is 22.5. The molecule has 1 aromatic rings. The van der Waals surface area contributed by atoms with Gasteiger partial charge in [0.1, 0.15) is 11.6 Å². The molecule has 20 heavy (non-hydrogen) atoms. The third-order valence-electron chi connectivity index (χ3n) is 4.33. The van der Waals surface area contributed by atoms with Gasteiger partial charge in [0, 0.05) is 18.2 Å². The second-order valence-electron chi connectivity index (χ2n) is 5.57. The highest BCUT2D eigenvalue weighted by molar-refractivity contribution is 5.23. The fourth-order valence-corrected chi connectivity index (χ4v) is 3.26. The molecule has 2 rings (SSSR count). The third kappa shape index (κ3) is 3.36. The van der Waals surface area contributed by atoms with Crippen molar-refractivity contribution in [2.75, 3.05) is 13.1 Å². The van der Waals surface area contributed by atoms with E-state index in [0.717, 1.165) is 31.9 Å². The molecule has 1 aromatic carbocycles. The standard InChI is InChI=1S/C16H24F2N2/c1-2-13-6-4-3-5-9-20(13)16(11-19)14-10-12(17)7-8-15(14)18/h7-8,10,13,16H,2-6,9,11,19H2,1H3. The zero-order valence-corrected chi connectivity index (χ0v) is 12.1. The molecule has 1 aliphatic heterocycles. The average Bonchev–Trinajstić information content (AvgIpc) is 2.69. The van der Waals surface area contributed by atoms with Crippen LogP contribution in [0.15, 0.2) is 18.2 Å². The van der Waals surface area contributed by atoms with Gasteiger partial charge in [0.25, 0.3) is 0 Å². The Hall–Kier alpha value is -1.00. The maximum atomic E-state index is 14.0. The van der Waals surface area contributed by atoms with Crippen LogP contribution in [0, 0.1) is 11.6 Å². The molecule has 2 N–H and O–H groups in total. The lowest BCUT2D eigenvalue weighted by Gasteiger charge is -2.36. The molecule has 0 spiro atoms. The first kappa shape index (κ1) is 15.4. The highest BCUT2D eigenvalue weighted by atomic mass is 19.1. The molecular formula is C16H24F2N2. The van der Waals surface area contributed by atoms with Gasteiger partial charge in [-0.1, -0.05) is 19.8 Å². The van der Waals surface area contributed by atoms with E-state index in [4.69, 9.17) is 5.73 Å². The molecule has 2 unspecified atom stereocenters. The van der Waals surface area contributed by atoms with E-state index >= 15 is 0 Å². The molecule has 4 heteroatoms. The molecule has 1 fully saturated rings. The smallest absolute Gasteiger partial charge is 0.128 e. The molecule has 0 aromatic heterocycles. The van der Waals surface area contributed by atoms with Crippen molar-refractivity contribution >= 4 is 0 Å². The predicted octanol–water partition coefficient (Wildman–Crippen LogP) is 3.62. The van der Waals surface area contributed by atoms with Crippen LogP contribution in [0.1, 0.15) is 50.6 Å². The first-order chi connectivity index (χ1) is 9.67. The quantitative estimate of drug-likeness (QED) is 0.914. The first-order valence-corrected chi connectivity index (χ1v) is 7.58. The van der Waals surface area contributed by atoms with Gasteiger partial charge in [0.2, 0.25) is 0 Å². The van der Waals surface area contributed by atoms with Crippen LogP contribution in [0.2, 0.25) is 0 Å². The van der Waals surface area contributed by atoms with Crippen LogP contribution >= 0.6 is 0 Å². The Kier molecular flexibility index (Phi) is 5.49. The van der Waals surface area contributed by atoms with Crippen LogP contribution in [0.5, 0.6) is 0 Å². The number of nitrogens with two attached hydrogens (primary N) is 1. The van der Waals surface area contributed by atoms with Crippen molar-refractivity contribution in [1.29, 1.82) is 0 Å². The van der Waals surface area contributed by atoms with Crippen LogP contribution in [-0.4, -0.2) is 24.0 Å². The summed E-state index contributed by atoms with van der Waals surface area (Å²) >= 11 is 0. The van der Waals surface area contributed by atoms with Crippen LogP contribution < -0.4 is 5.73 Å². The highest BCUT2D eigenvalue weighted by Gasteiger charge is 2.28. The Morgan fingerprint density at radius 1 is 1.30 bits per heavy atom. The van der Waals surface area contributed by atoms with Crippen molar-refractivity contribution in [2.24, 2.45) is 5.73 Å². The lowest BCUT2D eigenvalue weighted by Crippen LogP contribution is -2.41. The molecule has 0 aliphatic carbocycles. The fourth-order valence-electron chi connectivity index (χ4n) is 3.26. The van der Waals surface area contributed by atoms with Crippen molar-refractivity contribution in [1.82, 2.24) is 4.90 Å². The van der Waals surface area contributed by atoms with E-state index in [0.29, 0.717) is 18.2 Å². The fraction of sp³-hybridized carbons (Fsp3) is 0.625. The van der Waals surface area contributed by atoms with Gasteiger partial charge < -0.3 is 5.73 Å². The Balaban J connectivity index is 2.31. The first-order valence-electron chi connectivity index (χ1n) is 7.58. The van der Waals surface area contributed by atoms with Crippen LogP contribution in [-0.2, 0) is 0 Å². The summed E-state index contributed by atoms with van der Waals surface area (Å²) in [4.78, 5) is 2.28. The Morgan fingerprint density at radius 2 is 2.10 bits per heavy atom. The second kappa shape index (κ2) is 7.14. The van der Waals surface area contributed by atoms with E-state index in [1.807, 2.05) is 0 Å². The topological polar surface area (TPSA) is 29.3 Å². The van der Waals surface area contributed by atoms with Crippen LogP contribution in [0.3, 0.4) is 0 Å². The van der Waals surface area contributed by atoms with Crippen LogP contribution in [0.4, 0.5) is 8.78 Å². The van der Waals surface area contributed by atoms with Gasteiger partial charge in [-0.15, -0.1) is 0 Å². The van der Waals surface area contributed by atoms with Gasteiger partial charge in [0.05, 0.1) is 6.04 Å². The Labute approximate surface area is 120 Å². The lowest BCUT2D eigenvalue weighted by molar-refractivity contribution is 0.133.